The molecule has 2 aromatic heterocycles. The summed E-state index contributed by atoms with van der Waals surface area (Å²) in [4.78, 5) is 28.9. The predicted molar refractivity (Wildman–Crippen MR) is 122 cm³/mol. The van der Waals surface area contributed by atoms with Crippen LogP contribution in [0.2, 0.25) is 0 Å². The highest BCUT2D eigenvalue weighted by atomic mass is 32.1. The van der Waals surface area contributed by atoms with E-state index in [0.29, 0.717) is 26.2 Å². The SMILES string of the molecule is O=C(Nc1ccc(O[C@@H]2CCN(C(=O)c3ccsc3)C2)cc1)C1CN(c2ccnnc2)C1. The predicted octanol–water partition coefficient (Wildman–Crippen LogP) is 2.91. The van der Waals surface area contributed by atoms with Gasteiger partial charge in [-0.2, -0.15) is 21.5 Å². The van der Waals surface area contributed by atoms with Gasteiger partial charge in [0.05, 0.1) is 36.1 Å². The number of hydrogen-bond donors (Lipinski definition) is 1. The third kappa shape index (κ3) is 4.43. The topological polar surface area (TPSA) is 87.7 Å². The van der Waals surface area contributed by atoms with E-state index in [9.17, 15) is 9.59 Å². The molecular formula is C23H23N5O3S. The number of carbonyl (C=O) groups is 2. The second kappa shape index (κ2) is 8.96. The van der Waals surface area contributed by atoms with Gasteiger partial charge < -0.3 is 19.9 Å². The summed E-state index contributed by atoms with van der Waals surface area (Å²) < 4.78 is 6.05. The molecule has 2 fully saturated rings. The zero-order valence-corrected chi connectivity index (χ0v) is 18.2. The Morgan fingerprint density at radius 1 is 1.06 bits per heavy atom. The minimum absolute atomic E-state index is 0.00955. The van der Waals surface area contributed by atoms with E-state index in [1.54, 1.807) is 12.4 Å². The van der Waals surface area contributed by atoms with Crippen molar-refractivity contribution in [3.8, 4) is 5.75 Å². The van der Waals surface area contributed by atoms with E-state index < -0.39 is 0 Å². The summed E-state index contributed by atoms with van der Waals surface area (Å²) in [6, 6.07) is 11.1. The standard InChI is InChI=1S/C23H23N5O3S/c29-22(17-12-28(13-17)19-5-8-24-25-11-19)26-18-1-3-20(4-2-18)31-21-6-9-27(14-21)23(30)16-7-10-32-15-16/h1-5,7-8,10-11,15,17,21H,6,9,12-14H2,(H,26,29)/t21-/m1/s1. The molecule has 0 radical (unpaired) electrons. The Morgan fingerprint density at radius 2 is 1.91 bits per heavy atom. The number of carbonyl (C=O) groups excluding carboxylic acids is 2. The van der Waals surface area contributed by atoms with Gasteiger partial charge in [-0.1, -0.05) is 0 Å². The molecule has 5 rings (SSSR count). The molecule has 0 unspecified atom stereocenters. The first-order valence-corrected chi connectivity index (χ1v) is 11.5. The summed E-state index contributed by atoms with van der Waals surface area (Å²) in [5, 5.41) is 14.4. The molecule has 164 valence electrons. The fourth-order valence-corrected chi connectivity index (χ4v) is 4.59. The molecule has 8 nitrogen and oxygen atoms in total. The van der Waals surface area contributed by atoms with Crippen molar-refractivity contribution in [1.82, 2.24) is 15.1 Å². The molecule has 2 amide bonds. The molecule has 0 spiro atoms. The normalized spacial score (nSPS) is 18.3. The second-order valence-electron chi connectivity index (χ2n) is 8.01. The summed E-state index contributed by atoms with van der Waals surface area (Å²) in [5.74, 6) is 0.752. The zero-order valence-electron chi connectivity index (χ0n) is 17.4. The number of benzene rings is 1. The summed E-state index contributed by atoms with van der Waals surface area (Å²) in [5.41, 5.74) is 2.46. The van der Waals surface area contributed by atoms with Crippen LogP contribution < -0.4 is 15.0 Å². The largest absolute Gasteiger partial charge is 0.489 e. The first-order chi connectivity index (χ1) is 15.7. The van der Waals surface area contributed by atoms with E-state index in [0.717, 1.165) is 29.1 Å². The van der Waals surface area contributed by atoms with Crippen LogP contribution in [0.4, 0.5) is 11.4 Å². The molecule has 1 N–H and O–H groups in total. The van der Waals surface area contributed by atoms with Gasteiger partial charge in [0, 0.05) is 37.1 Å². The molecular weight excluding hydrogens is 426 g/mol. The van der Waals surface area contributed by atoms with Crippen LogP contribution in [0.5, 0.6) is 5.75 Å². The molecule has 2 aliphatic heterocycles. The number of aromatic nitrogens is 2. The number of thiophene rings is 1. The third-order valence-corrected chi connectivity index (χ3v) is 6.49. The molecule has 2 saturated heterocycles. The van der Waals surface area contributed by atoms with Crippen LogP contribution in [0.15, 0.2) is 59.6 Å². The number of likely N-dealkylation sites (tertiary alicyclic amines) is 1. The molecule has 1 aromatic carbocycles. The second-order valence-corrected chi connectivity index (χ2v) is 8.79. The van der Waals surface area contributed by atoms with Crippen molar-refractivity contribution in [2.75, 3.05) is 36.4 Å². The zero-order chi connectivity index (χ0) is 21.9. The van der Waals surface area contributed by atoms with Crippen LogP contribution in [0, 0.1) is 5.92 Å². The smallest absolute Gasteiger partial charge is 0.254 e. The van der Waals surface area contributed by atoms with E-state index >= 15 is 0 Å². The van der Waals surface area contributed by atoms with Crippen molar-refractivity contribution in [2.24, 2.45) is 5.92 Å². The van der Waals surface area contributed by atoms with Gasteiger partial charge in [-0.05, 0) is 41.8 Å². The van der Waals surface area contributed by atoms with Gasteiger partial charge in [-0.25, -0.2) is 0 Å². The lowest BCUT2D eigenvalue weighted by Crippen LogP contribution is -2.52. The number of hydrogen-bond acceptors (Lipinski definition) is 7. The van der Waals surface area contributed by atoms with E-state index in [1.807, 2.05) is 52.1 Å². The lowest BCUT2D eigenvalue weighted by Gasteiger charge is -2.39. The molecule has 9 heteroatoms. The fraction of sp³-hybridized carbons (Fsp3) is 0.304. The Balaban J connectivity index is 1.09. The molecule has 3 aromatic rings. The molecule has 0 bridgehead atoms. The van der Waals surface area contributed by atoms with Crippen molar-refractivity contribution in [1.29, 1.82) is 0 Å². The Labute approximate surface area is 189 Å². The minimum atomic E-state index is -0.0515. The van der Waals surface area contributed by atoms with E-state index in [1.165, 1.54) is 11.3 Å². The Bertz CT molecular complexity index is 1070. The van der Waals surface area contributed by atoms with E-state index in [-0.39, 0.29) is 23.8 Å². The third-order valence-electron chi connectivity index (χ3n) is 5.81. The first kappa shape index (κ1) is 20.4. The maximum atomic E-state index is 12.5. The molecule has 0 saturated carbocycles. The number of nitrogens with zero attached hydrogens (tertiary/aromatic N) is 4. The highest BCUT2D eigenvalue weighted by Crippen LogP contribution is 2.26. The lowest BCUT2D eigenvalue weighted by atomic mass is 9.98. The van der Waals surface area contributed by atoms with Crippen molar-refractivity contribution in [3.05, 3.63) is 65.1 Å². The molecule has 0 aliphatic carbocycles. The van der Waals surface area contributed by atoms with Crippen molar-refractivity contribution >= 4 is 34.5 Å². The summed E-state index contributed by atoms with van der Waals surface area (Å²) in [6.07, 6.45) is 4.13. The summed E-state index contributed by atoms with van der Waals surface area (Å²) in [7, 11) is 0. The van der Waals surface area contributed by atoms with Gasteiger partial charge >= 0.3 is 0 Å². The Hall–Kier alpha value is -3.46. The first-order valence-electron chi connectivity index (χ1n) is 10.6. The maximum absolute atomic E-state index is 12.5. The van der Waals surface area contributed by atoms with Gasteiger partial charge in [0.1, 0.15) is 11.9 Å². The van der Waals surface area contributed by atoms with Crippen LogP contribution in [0.3, 0.4) is 0 Å². The van der Waals surface area contributed by atoms with Crippen LogP contribution in [0.25, 0.3) is 0 Å². The minimum Gasteiger partial charge on any atom is -0.489 e. The van der Waals surface area contributed by atoms with Gasteiger partial charge in [0.15, 0.2) is 0 Å². The summed E-state index contributed by atoms with van der Waals surface area (Å²) in [6.45, 7) is 2.61. The fourth-order valence-electron chi connectivity index (χ4n) is 3.96. The molecule has 1 atom stereocenters. The highest BCUT2D eigenvalue weighted by Gasteiger charge is 2.33. The van der Waals surface area contributed by atoms with E-state index in [4.69, 9.17) is 4.74 Å². The van der Waals surface area contributed by atoms with Crippen molar-refractivity contribution in [2.45, 2.75) is 12.5 Å². The van der Waals surface area contributed by atoms with Crippen LogP contribution in [-0.2, 0) is 4.79 Å². The Morgan fingerprint density at radius 3 is 2.62 bits per heavy atom. The quantitative estimate of drug-likeness (QED) is 0.623. The number of rotatable bonds is 6. The van der Waals surface area contributed by atoms with Crippen LogP contribution in [0.1, 0.15) is 16.8 Å². The molecule has 4 heterocycles. The maximum Gasteiger partial charge on any atom is 0.254 e. The lowest BCUT2D eigenvalue weighted by molar-refractivity contribution is -0.120. The van der Waals surface area contributed by atoms with Gasteiger partial charge in [-0.15, -0.1) is 0 Å². The average Bonchev–Trinajstić information content (AvgIpc) is 3.47. The van der Waals surface area contributed by atoms with Gasteiger partial charge in [0.2, 0.25) is 5.91 Å². The van der Waals surface area contributed by atoms with Crippen LogP contribution in [-0.4, -0.2) is 59.2 Å². The number of ether oxygens (including phenoxy) is 1. The number of anilines is 2. The Kier molecular flexibility index (Phi) is 5.72. The molecule has 2 aliphatic rings. The average molecular weight is 450 g/mol. The van der Waals surface area contributed by atoms with Crippen LogP contribution >= 0.6 is 11.3 Å². The monoisotopic (exact) mass is 449 g/mol. The highest BCUT2D eigenvalue weighted by molar-refractivity contribution is 7.08. The summed E-state index contributed by atoms with van der Waals surface area (Å²) >= 11 is 1.53. The molecule has 32 heavy (non-hydrogen) atoms. The van der Waals surface area contributed by atoms with Gasteiger partial charge in [-0.3, -0.25) is 9.59 Å². The van der Waals surface area contributed by atoms with E-state index in [2.05, 4.69) is 20.4 Å². The number of nitrogens with one attached hydrogen (secondary N) is 1. The van der Waals surface area contributed by atoms with Gasteiger partial charge in [0.25, 0.3) is 5.91 Å². The number of amides is 2. The van der Waals surface area contributed by atoms with Crippen molar-refractivity contribution in [3.63, 3.8) is 0 Å². The van der Waals surface area contributed by atoms with Crippen molar-refractivity contribution < 1.29 is 14.3 Å².